The van der Waals surface area contributed by atoms with Gasteiger partial charge in [-0.05, 0) is 47.5 Å². The van der Waals surface area contributed by atoms with Crippen LogP contribution >= 0.6 is 11.6 Å². The zero-order valence-corrected chi connectivity index (χ0v) is 15.6. The molecule has 0 spiro atoms. The van der Waals surface area contributed by atoms with E-state index in [0.29, 0.717) is 16.3 Å². The van der Waals surface area contributed by atoms with Crippen LogP contribution in [0.4, 0.5) is 0 Å². The van der Waals surface area contributed by atoms with E-state index in [1.54, 1.807) is 54.6 Å². The lowest BCUT2D eigenvalue weighted by molar-refractivity contribution is 0.0697. The fraction of sp³-hybridized carbons (Fsp3) is 0.0435. The van der Waals surface area contributed by atoms with Gasteiger partial charge in [-0.1, -0.05) is 54.1 Å². The molecule has 0 aliphatic heterocycles. The summed E-state index contributed by atoms with van der Waals surface area (Å²) in [6.45, 7) is 0.285. The third kappa shape index (κ3) is 4.79. The third-order valence-corrected chi connectivity index (χ3v) is 4.34. The number of aromatic carboxylic acids is 1. The maximum Gasteiger partial charge on any atom is 0.335 e. The Kier molecular flexibility index (Phi) is 6.11. The Morgan fingerprint density at radius 3 is 2.29 bits per heavy atom. The predicted octanol–water partition coefficient (Wildman–Crippen LogP) is 5.68. The van der Waals surface area contributed by atoms with Crippen LogP contribution in [-0.4, -0.2) is 11.1 Å². The Hall–Kier alpha value is -3.55. The summed E-state index contributed by atoms with van der Waals surface area (Å²) < 4.78 is 5.90. The highest BCUT2D eigenvalue weighted by Gasteiger charge is 2.07. The maximum absolute atomic E-state index is 10.9. The molecule has 0 saturated carbocycles. The SMILES string of the molecule is N#C/C(=C/c1ccccc1OCc1ccc(C(=O)O)cc1)c1ccc(Cl)cc1. The summed E-state index contributed by atoms with van der Waals surface area (Å²) in [4.78, 5) is 10.9. The van der Waals surface area contributed by atoms with Gasteiger partial charge in [-0.15, -0.1) is 0 Å². The number of hydrogen-bond donors (Lipinski definition) is 1. The molecule has 3 aromatic carbocycles. The largest absolute Gasteiger partial charge is 0.488 e. The summed E-state index contributed by atoms with van der Waals surface area (Å²) in [7, 11) is 0. The van der Waals surface area contributed by atoms with Crippen LogP contribution < -0.4 is 4.74 Å². The molecule has 0 bridgehead atoms. The van der Waals surface area contributed by atoms with Crippen molar-refractivity contribution in [1.82, 2.24) is 0 Å². The van der Waals surface area contributed by atoms with Crippen LogP contribution in [0.3, 0.4) is 0 Å². The number of halogens is 1. The van der Waals surface area contributed by atoms with Crippen LogP contribution in [0.5, 0.6) is 5.75 Å². The lowest BCUT2D eigenvalue weighted by Gasteiger charge is -2.10. The molecule has 0 radical (unpaired) electrons. The average molecular weight is 390 g/mol. The summed E-state index contributed by atoms with van der Waals surface area (Å²) in [5.74, 6) is -0.333. The minimum atomic E-state index is -0.964. The Morgan fingerprint density at radius 2 is 1.64 bits per heavy atom. The first kappa shape index (κ1) is 19.2. The highest BCUT2D eigenvalue weighted by atomic mass is 35.5. The van der Waals surface area contributed by atoms with Crippen LogP contribution in [-0.2, 0) is 6.61 Å². The number of carbonyl (C=O) groups is 1. The lowest BCUT2D eigenvalue weighted by atomic mass is 10.0. The van der Waals surface area contributed by atoms with Crippen LogP contribution in [0.15, 0.2) is 72.8 Å². The van der Waals surface area contributed by atoms with Crippen molar-refractivity contribution < 1.29 is 14.6 Å². The van der Waals surface area contributed by atoms with E-state index in [1.165, 1.54) is 0 Å². The molecule has 0 heterocycles. The number of para-hydroxylation sites is 1. The van der Waals surface area contributed by atoms with Gasteiger partial charge in [0.1, 0.15) is 12.4 Å². The van der Waals surface area contributed by atoms with Crippen LogP contribution in [0.1, 0.15) is 27.0 Å². The van der Waals surface area contributed by atoms with Crippen molar-refractivity contribution >= 4 is 29.2 Å². The van der Waals surface area contributed by atoms with Gasteiger partial charge in [0.2, 0.25) is 0 Å². The van der Waals surface area contributed by atoms with Crippen LogP contribution in [0.2, 0.25) is 5.02 Å². The first-order chi connectivity index (χ1) is 13.6. The Morgan fingerprint density at radius 1 is 1.00 bits per heavy atom. The standard InChI is InChI=1S/C23H16ClNO3/c24-21-11-9-17(10-12-21)20(14-25)13-19-3-1-2-4-22(19)28-15-16-5-7-18(8-6-16)23(26)27/h1-13H,15H2,(H,26,27)/b20-13-. The molecule has 0 aromatic heterocycles. The summed E-state index contributed by atoms with van der Waals surface area (Å²) in [6.07, 6.45) is 1.77. The van der Waals surface area contributed by atoms with Gasteiger partial charge in [-0.3, -0.25) is 0 Å². The van der Waals surface area contributed by atoms with Gasteiger partial charge in [-0.2, -0.15) is 5.26 Å². The summed E-state index contributed by atoms with van der Waals surface area (Å²) in [5, 5.41) is 19.1. The summed E-state index contributed by atoms with van der Waals surface area (Å²) >= 11 is 5.92. The topological polar surface area (TPSA) is 70.3 Å². The second-order valence-corrected chi connectivity index (χ2v) is 6.44. The van der Waals surface area contributed by atoms with Crippen LogP contribution in [0.25, 0.3) is 11.6 Å². The van der Waals surface area contributed by atoms with Gasteiger partial charge in [0.15, 0.2) is 0 Å². The minimum absolute atomic E-state index is 0.230. The minimum Gasteiger partial charge on any atom is -0.488 e. The monoisotopic (exact) mass is 389 g/mol. The third-order valence-electron chi connectivity index (χ3n) is 4.09. The fourth-order valence-corrected chi connectivity index (χ4v) is 2.73. The number of nitriles is 1. The van der Waals surface area contributed by atoms with E-state index in [0.717, 1.165) is 16.7 Å². The Labute approximate surface area is 167 Å². The molecule has 0 aliphatic rings. The van der Waals surface area contributed by atoms with E-state index >= 15 is 0 Å². The van der Waals surface area contributed by atoms with E-state index in [2.05, 4.69) is 6.07 Å². The number of carboxylic acid groups (broad SMARTS) is 1. The van der Waals surface area contributed by atoms with Gasteiger partial charge in [0, 0.05) is 10.6 Å². The molecular formula is C23H16ClNO3. The van der Waals surface area contributed by atoms with E-state index in [4.69, 9.17) is 21.4 Å². The van der Waals surface area contributed by atoms with Crippen molar-refractivity contribution in [3.63, 3.8) is 0 Å². The van der Waals surface area contributed by atoms with Gasteiger partial charge >= 0.3 is 5.97 Å². The molecule has 0 atom stereocenters. The van der Waals surface area contributed by atoms with Crippen LogP contribution in [0, 0.1) is 11.3 Å². The molecule has 0 unspecified atom stereocenters. The first-order valence-electron chi connectivity index (χ1n) is 8.48. The molecule has 4 nitrogen and oxygen atoms in total. The number of allylic oxidation sites excluding steroid dienone is 1. The summed E-state index contributed by atoms with van der Waals surface area (Å²) in [5.41, 5.74) is 3.12. The fourth-order valence-electron chi connectivity index (χ4n) is 2.60. The summed E-state index contributed by atoms with van der Waals surface area (Å²) in [6, 6.07) is 23.2. The predicted molar refractivity (Wildman–Crippen MR) is 109 cm³/mol. The van der Waals surface area contributed by atoms with Gasteiger partial charge in [0.05, 0.1) is 17.2 Å². The Balaban J connectivity index is 1.81. The molecule has 0 fully saturated rings. The maximum atomic E-state index is 10.9. The average Bonchev–Trinajstić information content (AvgIpc) is 2.72. The first-order valence-corrected chi connectivity index (χ1v) is 8.86. The number of benzene rings is 3. The second-order valence-electron chi connectivity index (χ2n) is 6.01. The molecule has 3 aromatic rings. The normalized spacial score (nSPS) is 10.9. The van der Waals surface area contributed by atoms with Crippen molar-refractivity contribution in [3.05, 3.63) is 100 Å². The molecule has 1 N–H and O–H groups in total. The number of carboxylic acids is 1. The number of rotatable bonds is 6. The van der Waals surface area contributed by atoms with E-state index in [9.17, 15) is 10.1 Å². The smallest absolute Gasteiger partial charge is 0.335 e. The van der Waals surface area contributed by atoms with E-state index in [-0.39, 0.29) is 12.2 Å². The van der Waals surface area contributed by atoms with Gasteiger partial charge in [-0.25, -0.2) is 4.79 Å². The molecule has 0 saturated heterocycles. The second kappa shape index (κ2) is 8.90. The highest BCUT2D eigenvalue weighted by Crippen LogP contribution is 2.26. The van der Waals surface area contributed by atoms with E-state index in [1.807, 2.05) is 24.3 Å². The van der Waals surface area contributed by atoms with E-state index < -0.39 is 5.97 Å². The van der Waals surface area contributed by atoms with Crippen molar-refractivity contribution in [2.75, 3.05) is 0 Å². The zero-order valence-electron chi connectivity index (χ0n) is 14.8. The Bertz CT molecular complexity index is 1050. The van der Waals surface area contributed by atoms with Gasteiger partial charge < -0.3 is 9.84 Å². The molecule has 0 aliphatic carbocycles. The lowest BCUT2D eigenvalue weighted by Crippen LogP contribution is -1.99. The van der Waals surface area contributed by atoms with Crippen molar-refractivity contribution in [3.8, 4) is 11.8 Å². The zero-order chi connectivity index (χ0) is 19.9. The molecule has 3 rings (SSSR count). The molecule has 0 amide bonds. The van der Waals surface area contributed by atoms with Crippen molar-refractivity contribution in [1.29, 1.82) is 5.26 Å². The van der Waals surface area contributed by atoms with Crippen molar-refractivity contribution in [2.24, 2.45) is 0 Å². The molecule has 28 heavy (non-hydrogen) atoms. The quantitative estimate of drug-likeness (QED) is 0.434. The number of nitrogens with zero attached hydrogens (tertiary/aromatic N) is 1. The number of ether oxygens (including phenoxy) is 1. The van der Waals surface area contributed by atoms with Crippen molar-refractivity contribution in [2.45, 2.75) is 6.61 Å². The molecule has 5 heteroatoms. The molecule has 138 valence electrons. The number of hydrogen-bond acceptors (Lipinski definition) is 3. The van der Waals surface area contributed by atoms with Gasteiger partial charge in [0.25, 0.3) is 0 Å². The molecular weight excluding hydrogens is 374 g/mol. The highest BCUT2D eigenvalue weighted by molar-refractivity contribution is 6.30.